The van der Waals surface area contributed by atoms with Crippen LogP contribution >= 0.6 is 0 Å². The van der Waals surface area contributed by atoms with E-state index in [4.69, 9.17) is 28.4 Å². The standard InChI is InChI=1S/C82H143NO18/c1-3-5-7-9-11-13-15-17-19-21-23-25-27-28-29-30-31-32-33-34-35-36-38-40-42-44-46-48-50-52-54-56-58-60-70(88)83-65(66(87)59-57-55-53-51-49-47-45-43-41-39-37-26-24-22-20-18-16-14-12-10-8-6-4-2)64-96-80-76(94)73(91)78(68(62-85)98-80)101-82-77(95)74(92)79(69(63-86)99-82)100-81-75(93)72(90)71(89)67(61-84)97-81/h5,7,11,13,17,19,23,25,28-29,31-32,49,51,57,59,65-69,71-82,84-87,89-95H,3-4,6,8-10,12,14-16,18,20-22,24,26-27,30,33-48,50,52-56,58,60-64H2,1-2H3,(H,83,88)/b7-5-,13-11-,19-17-,25-23-,29-28-,32-31-,51-49+,59-57+. The van der Waals surface area contributed by atoms with Gasteiger partial charge in [-0.1, -0.05) is 291 Å². The predicted octanol–water partition coefficient (Wildman–Crippen LogP) is 13.2. The van der Waals surface area contributed by atoms with Crippen LogP contribution in [0.5, 0.6) is 0 Å². The number of allylic oxidation sites excluding steroid dienone is 15. The molecule has 584 valence electrons. The number of carbonyl (C=O) groups excluding carboxylic acids is 1. The van der Waals surface area contributed by atoms with Crippen LogP contribution in [0.4, 0.5) is 0 Å². The van der Waals surface area contributed by atoms with Crippen molar-refractivity contribution in [1.82, 2.24) is 5.32 Å². The Morgan fingerprint density at radius 3 is 1.11 bits per heavy atom. The first-order valence-corrected chi connectivity index (χ1v) is 40.0. The third-order valence-electron chi connectivity index (χ3n) is 19.4. The molecule has 12 N–H and O–H groups in total. The second-order valence-electron chi connectivity index (χ2n) is 28.1. The first-order chi connectivity index (χ1) is 49.3. The van der Waals surface area contributed by atoms with Gasteiger partial charge < -0.3 is 89.9 Å². The highest BCUT2D eigenvalue weighted by Crippen LogP contribution is 2.33. The Labute approximate surface area is 609 Å². The van der Waals surface area contributed by atoms with E-state index in [9.17, 15) is 61.0 Å². The van der Waals surface area contributed by atoms with Gasteiger partial charge in [-0.2, -0.15) is 0 Å². The minimum absolute atomic E-state index is 0.230. The van der Waals surface area contributed by atoms with Crippen molar-refractivity contribution in [3.8, 4) is 0 Å². The first kappa shape index (κ1) is 91.9. The number of unbranched alkanes of at least 4 members (excludes halogenated alkanes) is 32. The maximum Gasteiger partial charge on any atom is 0.220 e. The molecule has 0 aromatic carbocycles. The molecule has 0 aromatic heterocycles. The van der Waals surface area contributed by atoms with Gasteiger partial charge in [0, 0.05) is 6.42 Å². The fourth-order valence-electron chi connectivity index (χ4n) is 13.0. The van der Waals surface area contributed by atoms with E-state index < -0.39 is 124 Å². The summed E-state index contributed by atoms with van der Waals surface area (Å²) in [5, 5.41) is 121. The molecule has 0 bridgehead atoms. The van der Waals surface area contributed by atoms with Gasteiger partial charge in [0.25, 0.3) is 0 Å². The number of aliphatic hydroxyl groups is 11. The summed E-state index contributed by atoms with van der Waals surface area (Å²) in [6, 6.07) is -0.997. The molecule has 3 saturated heterocycles. The van der Waals surface area contributed by atoms with Crippen LogP contribution in [0.2, 0.25) is 0 Å². The van der Waals surface area contributed by atoms with Crippen molar-refractivity contribution in [2.75, 3.05) is 26.4 Å². The normalized spacial score (nSPS) is 26.8. The van der Waals surface area contributed by atoms with E-state index in [0.29, 0.717) is 12.8 Å². The van der Waals surface area contributed by atoms with Crippen molar-refractivity contribution in [2.24, 2.45) is 0 Å². The molecule has 3 heterocycles. The predicted molar refractivity (Wildman–Crippen MR) is 401 cm³/mol. The largest absolute Gasteiger partial charge is 0.394 e. The molecule has 1 amide bonds. The summed E-state index contributed by atoms with van der Waals surface area (Å²) in [5.74, 6) is -0.287. The zero-order chi connectivity index (χ0) is 73.2. The summed E-state index contributed by atoms with van der Waals surface area (Å²) in [7, 11) is 0. The zero-order valence-corrected chi connectivity index (χ0v) is 62.4. The smallest absolute Gasteiger partial charge is 0.220 e. The molecule has 101 heavy (non-hydrogen) atoms. The number of nitrogens with one attached hydrogen (secondary N) is 1. The first-order valence-electron chi connectivity index (χ1n) is 40.0. The van der Waals surface area contributed by atoms with Gasteiger partial charge in [-0.15, -0.1) is 0 Å². The minimum atomic E-state index is -1.99. The zero-order valence-electron chi connectivity index (χ0n) is 62.4. The number of aliphatic hydroxyl groups excluding tert-OH is 11. The third-order valence-corrected chi connectivity index (χ3v) is 19.4. The molecule has 0 spiro atoms. The molecular weight excluding hydrogens is 1290 g/mol. The van der Waals surface area contributed by atoms with E-state index in [2.05, 4.69) is 104 Å². The number of ether oxygens (including phenoxy) is 6. The third kappa shape index (κ3) is 42.0. The van der Waals surface area contributed by atoms with Crippen LogP contribution in [0, 0.1) is 0 Å². The van der Waals surface area contributed by atoms with Gasteiger partial charge in [-0.25, -0.2) is 0 Å². The van der Waals surface area contributed by atoms with E-state index in [1.165, 1.54) is 167 Å². The van der Waals surface area contributed by atoms with Gasteiger partial charge in [0.1, 0.15) is 73.2 Å². The van der Waals surface area contributed by atoms with E-state index >= 15 is 0 Å². The fourth-order valence-corrected chi connectivity index (χ4v) is 13.0. The second-order valence-corrected chi connectivity index (χ2v) is 28.1. The lowest BCUT2D eigenvalue weighted by atomic mass is 9.96. The number of hydrogen-bond donors (Lipinski definition) is 12. The molecule has 3 aliphatic heterocycles. The van der Waals surface area contributed by atoms with Gasteiger partial charge in [-0.3, -0.25) is 4.79 Å². The van der Waals surface area contributed by atoms with E-state index in [1.807, 2.05) is 6.08 Å². The van der Waals surface area contributed by atoms with Gasteiger partial charge in [-0.05, 0) is 83.5 Å². The maximum absolute atomic E-state index is 13.5. The second kappa shape index (κ2) is 61.8. The highest BCUT2D eigenvalue weighted by atomic mass is 16.8. The maximum atomic E-state index is 13.5. The summed E-state index contributed by atoms with van der Waals surface area (Å²) < 4.78 is 34.4. The molecule has 3 fully saturated rings. The Morgan fingerprint density at radius 1 is 0.366 bits per heavy atom. The van der Waals surface area contributed by atoms with Crippen LogP contribution in [0.25, 0.3) is 0 Å². The average molecular weight is 1430 g/mol. The molecule has 0 radical (unpaired) electrons. The number of carbonyl (C=O) groups is 1. The van der Waals surface area contributed by atoms with E-state index in [0.717, 1.165) is 83.5 Å². The van der Waals surface area contributed by atoms with Gasteiger partial charge in [0.05, 0.1) is 38.6 Å². The number of amides is 1. The van der Waals surface area contributed by atoms with Crippen LogP contribution in [0.15, 0.2) is 97.2 Å². The van der Waals surface area contributed by atoms with Crippen molar-refractivity contribution in [1.29, 1.82) is 0 Å². The van der Waals surface area contributed by atoms with Crippen molar-refractivity contribution in [3.63, 3.8) is 0 Å². The molecule has 19 heteroatoms. The van der Waals surface area contributed by atoms with Gasteiger partial charge >= 0.3 is 0 Å². The molecule has 0 aliphatic carbocycles. The van der Waals surface area contributed by atoms with Crippen molar-refractivity contribution < 1.29 is 89.4 Å². The lowest BCUT2D eigenvalue weighted by Crippen LogP contribution is -2.66. The van der Waals surface area contributed by atoms with Crippen LogP contribution in [0.1, 0.15) is 284 Å². The monoisotopic (exact) mass is 1430 g/mol. The van der Waals surface area contributed by atoms with Crippen molar-refractivity contribution in [3.05, 3.63) is 97.2 Å². The molecule has 3 rings (SSSR count). The molecule has 3 aliphatic rings. The highest BCUT2D eigenvalue weighted by molar-refractivity contribution is 5.76. The Hall–Kier alpha value is -3.29. The summed E-state index contributed by atoms with van der Waals surface area (Å²) in [4.78, 5) is 13.5. The summed E-state index contributed by atoms with van der Waals surface area (Å²) in [6.07, 6.45) is 56.7. The highest BCUT2D eigenvalue weighted by Gasteiger charge is 2.54. The molecule has 0 saturated carbocycles. The summed E-state index contributed by atoms with van der Waals surface area (Å²) >= 11 is 0. The minimum Gasteiger partial charge on any atom is -0.394 e. The van der Waals surface area contributed by atoms with Crippen LogP contribution in [-0.4, -0.2) is 193 Å². The lowest BCUT2D eigenvalue weighted by Gasteiger charge is -2.48. The number of rotatable bonds is 62. The molecular formula is C82H143NO18. The number of hydrogen-bond acceptors (Lipinski definition) is 18. The molecule has 17 unspecified atom stereocenters. The van der Waals surface area contributed by atoms with Gasteiger partial charge in [0.15, 0.2) is 18.9 Å². The van der Waals surface area contributed by atoms with Crippen molar-refractivity contribution in [2.45, 2.75) is 388 Å². The van der Waals surface area contributed by atoms with Crippen LogP contribution < -0.4 is 5.32 Å². The van der Waals surface area contributed by atoms with Gasteiger partial charge in [0.2, 0.25) is 5.91 Å². The average Bonchev–Trinajstić information content (AvgIpc) is 0.783. The summed E-state index contributed by atoms with van der Waals surface area (Å²) in [5.41, 5.74) is 0. The molecule has 17 atom stereocenters. The Kier molecular flexibility index (Phi) is 56.3. The lowest BCUT2D eigenvalue weighted by molar-refractivity contribution is -0.379. The van der Waals surface area contributed by atoms with Crippen LogP contribution in [-0.2, 0) is 33.2 Å². The Morgan fingerprint density at radius 2 is 0.693 bits per heavy atom. The Bertz CT molecular complexity index is 2200. The van der Waals surface area contributed by atoms with Crippen molar-refractivity contribution >= 4 is 5.91 Å². The van der Waals surface area contributed by atoms with Crippen LogP contribution in [0.3, 0.4) is 0 Å². The van der Waals surface area contributed by atoms with E-state index in [-0.39, 0.29) is 18.9 Å². The van der Waals surface area contributed by atoms with E-state index in [1.54, 1.807) is 6.08 Å². The fraction of sp³-hybridized carbons (Fsp3) is 0.793. The topological polar surface area (TPSA) is 307 Å². The Balaban J connectivity index is 1.38. The quantitative estimate of drug-likeness (QED) is 0.0199. The SMILES string of the molecule is CC/C=C\C/C=C\C/C=C\C/C=C\C/C=C\C/C=C\CCCCCCCCCCCCCCCCC(=O)NC(COC1OC(CO)C(OC2OC(CO)C(OC3OC(CO)C(O)C(O)C3O)C(O)C2O)C(O)C1O)C(O)/C=C/CC/C=C/CCCCCCCCCCCCCCCCCCC. The summed E-state index contributed by atoms with van der Waals surface area (Å²) in [6.45, 7) is 1.62. The molecule has 19 nitrogen and oxygen atoms in total. The molecule has 0 aromatic rings.